The predicted octanol–water partition coefficient (Wildman–Crippen LogP) is 2.88. The van der Waals surface area contributed by atoms with Crippen LogP contribution < -0.4 is 5.43 Å². The highest BCUT2D eigenvalue weighted by atomic mass is 35.5. The van der Waals surface area contributed by atoms with Gasteiger partial charge in [-0.2, -0.15) is 5.10 Å². The third kappa shape index (κ3) is 6.73. The van der Waals surface area contributed by atoms with E-state index in [1.807, 2.05) is 0 Å². The number of alkyl halides is 1. The average molecular weight is 432 g/mol. The molecule has 0 aromatic rings. The highest BCUT2D eigenvalue weighted by Crippen LogP contribution is 2.30. The molecule has 2 aliphatic carbocycles. The second-order valence-electron chi connectivity index (χ2n) is 8.76. The van der Waals surface area contributed by atoms with Crippen molar-refractivity contribution < 1.29 is 10.4 Å². The minimum atomic E-state index is -0.823. The summed E-state index contributed by atoms with van der Waals surface area (Å²) in [7, 11) is 0. The van der Waals surface area contributed by atoms with E-state index in [1.165, 1.54) is 19.3 Å². The molecule has 3 N–H and O–H groups in total. The van der Waals surface area contributed by atoms with Crippen molar-refractivity contribution in [1.29, 1.82) is 0 Å². The van der Waals surface area contributed by atoms with E-state index >= 15 is 0 Å². The molecule has 0 aromatic heterocycles. The molecule has 0 spiro atoms. The third-order valence-corrected chi connectivity index (χ3v) is 7.16. The molecule has 0 aromatic carbocycles. The van der Waals surface area contributed by atoms with Crippen molar-refractivity contribution in [3.05, 3.63) is 10.4 Å². The van der Waals surface area contributed by atoms with Crippen molar-refractivity contribution >= 4 is 17.3 Å². The van der Waals surface area contributed by atoms with Gasteiger partial charge < -0.3 is 26.3 Å². The Morgan fingerprint density at radius 1 is 1.00 bits per heavy atom. The lowest BCUT2D eigenvalue weighted by Crippen LogP contribution is -2.53. The maximum atomic E-state index is 11.6. The largest absolute Gasteiger partial charge is 0.762 e. The summed E-state index contributed by atoms with van der Waals surface area (Å²) in [4.78, 5) is 2.44. The Labute approximate surface area is 177 Å². The molecule has 10 heteroatoms. The van der Waals surface area contributed by atoms with E-state index in [-0.39, 0.29) is 28.3 Å². The van der Waals surface area contributed by atoms with Crippen molar-refractivity contribution in [2.75, 3.05) is 19.6 Å². The normalized spacial score (nSPS) is 35.3. The van der Waals surface area contributed by atoms with Gasteiger partial charge in [0.25, 0.3) is 0 Å². The van der Waals surface area contributed by atoms with Gasteiger partial charge in [0.2, 0.25) is 0 Å². The zero-order valence-electron chi connectivity index (χ0n) is 17.0. The topological polar surface area (TPSA) is 121 Å². The Morgan fingerprint density at radius 2 is 1.69 bits per heavy atom. The lowest BCUT2D eigenvalue weighted by atomic mass is 9.85. The van der Waals surface area contributed by atoms with E-state index in [1.54, 1.807) is 0 Å². The molecule has 3 rings (SSSR count). The number of piperidine rings is 1. The molecule has 1 heterocycles. The van der Waals surface area contributed by atoms with Crippen molar-refractivity contribution in [3.8, 4) is 0 Å². The highest BCUT2D eigenvalue weighted by Gasteiger charge is 2.32. The first kappa shape index (κ1) is 23.1. The molecular formula is C19H34ClN5O4-2. The summed E-state index contributed by atoms with van der Waals surface area (Å²) < 4.78 is 0. The van der Waals surface area contributed by atoms with Gasteiger partial charge in [-0.1, -0.05) is 6.42 Å². The fourth-order valence-electron chi connectivity index (χ4n) is 4.87. The Kier molecular flexibility index (Phi) is 8.94. The Morgan fingerprint density at radius 3 is 2.31 bits per heavy atom. The molecule has 0 bridgehead atoms. The van der Waals surface area contributed by atoms with Gasteiger partial charge in [-0.05, 0) is 70.9 Å². The molecular weight excluding hydrogens is 398 g/mol. The fraction of sp³-hybridized carbons (Fsp3) is 0.947. The van der Waals surface area contributed by atoms with E-state index in [2.05, 4.69) is 10.3 Å². The molecule has 29 heavy (non-hydrogen) atoms. The van der Waals surface area contributed by atoms with Crippen LogP contribution in [-0.2, 0) is 0 Å². The zero-order chi connectivity index (χ0) is 20.8. The van der Waals surface area contributed by atoms with Gasteiger partial charge in [0.1, 0.15) is 0 Å². The van der Waals surface area contributed by atoms with Crippen LogP contribution in [0.5, 0.6) is 0 Å². The van der Waals surface area contributed by atoms with Gasteiger partial charge in [-0.3, -0.25) is 15.4 Å². The molecule has 9 nitrogen and oxygen atoms in total. The van der Waals surface area contributed by atoms with Crippen LogP contribution in [0.1, 0.15) is 64.2 Å². The molecule has 3 fully saturated rings. The maximum absolute atomic E-state index is 11.6. The van der Waals surface area contributed by atoms with E-state index < -0.39 is 12.1 Å². The number of nitrogens with one attached hydrogen (secondary N) is 1. The van der Waals surface area contributed by atoms with Gasteiger partial charge in [0.05, 0.1) is 11.8 Å². The summed E-state index contributed by atoms with van der Waals surface area (Å²) >= 11 is 6.29. The number of hydrazone groups is 1. The number of likely N-dealkylation sites (tertiary alicyclic amines) is 1. The standard InChI is InChI=1S/C19H34ClN5O4/c20-15-6-4-14(5-7-15)18(13-23-10-2-1-3-11-23)22-21-17-9-8-16(24(26)27)12-19(17)25(28)29/h14-17,19,21,26,28H,1-13H2/q-2. The molecule has 1 aliphatic heterocycles. The van der Waals surface area contributed by atoms with Crippen molar-refractivity contribution in [2.45, 2.75) is 87.7 Å². The second-order valence-corrected chi connectivity index (χ2v) is 9.38. The quantitative estimate of drug-likeness (QED) is 0.319. The summed E-state index contributed by atoms with van der Waals surface area (Å²) in [6.07, 6.45) is 8.71. The SMILES string of the molecule is [O-]N(O)C1CCC(NN=C(CN2CCCCC2)C2CCC(Cl)CC2)C(N([O-])O)C1. The van der Waals surface area contributed by atoms with Crippen molar-refractivity contribution in [2.24, 2.45) is 11.0 Å². The Balaban J connectivity index is 1.67. The molecule has 2 saturated carbocycles. The Bertz CT molecular complexity index is 525. The number of hydroxylamine groups is 4. The first-order valence-corrected chi connectivity index (χ1v) is 11.4. The lowest BCUT2D eigenvalue weighted by molar-refractivity contribution is -0.137. The van der Waals surface area contributed by atoms with Crippen LogP contribution in [0.3, 0.4) is 0 Å². The number of hydrogen-bond acceptors (Lipinski definition) is 9. The maximum Gasteiger partial charge on any atom is 0.0608 e. The van der Waals surface area contributed by atoms with Crippen LogP contribution in [-0.4, -0.2) is 74.6 Å². The smallest absolute Gasteiger partial charge is 0.0608 e. The average Bonchev–Trinajstić information content (AvgIpc) is 2.72. The van der Waals surface area contributed by atoms with Crippen LogP contribution in [0.4, 0.5) is 0 Å². The molecule has 3 atom stereocenters. The second kappa shape index (κ2) is 11.2. The number of halogens is 1. The minimum Gasteiger partial charge on any atom is -0.762 e. The van der Waals surface area contributed by atoms with Gasteiger partial charge >= 0.3 is 0 Å². The number of nitrogens with zero attached hydrogens (tertiary/aromatic N) is 4. The minimum absolute atomic E-state index is 0.0893. The highest BCUT2D eigenvalue weighted by molar-refractivity contribution is 6.20. The molecule has 0 amide bonds. The monoisotopic (exact) mass is 431 g/mol. The predicted molar refractivity (Wildman–Crippen MR) is 112 cm³/mol. The lowest BCUT2D eigenvalue weighted by Gasteiger charge is -2.45. The van der Waals surface area contributed by atoms with Crippen LogP contribution >= 0.6 is 11.6 Å². The fourth-order valence-corrected chi connectivity index (χ4v) is 5.13. The first-order valence-electron chi connectivity index (χ1n) is 10.9. The van der Waals surface area contributed by atoms with Gasteiger partial charge in [0.15, 0.2) is 0 Å². The van der Waals surface area contributed by atoms with Gasteiger partial charge in [-0.15, -0.1) is 11.6 Å². The van der Waals surface area contributed by atoms with Crippen LogP contribution in [0, 0.1) is 16.3 Å². The van der Waals surface area contributed by atoms with Crippen LogP contribution in [0.25, 0.3) is 0 Å². The van der Waals surface area contributed by atoms with Crippen LogP contribution in [0.15, 0.2) is 5.10 Å². The Hall–Kier alpha value is -0.520. The van der Waals surface area contributed by atoms with E-state index in [0.29, 0.717) is 18.8 Å². The summed E-state index contributed by atoms with van der Waals surface area (Å²) in [5.41, 5.74) is 4.23. The van der Waals surface area contributed by atoms with E-state index in [9.17, 15) is 15.6 Å². The van der Waals surface area contributed by atoms with Gasteiger partial charge in [-0.25, -0.2) is 0 Å². The molecule has 3 unspecified atom stereocenters. The molecule has 168 valence electrons. The van der Waals surface area contributed by atoms with Crippen LogP contribution in [0.2, 0.25) is 0 Å². The first-order chi connectivity index (χ1) is 13.9. The van der Waals surface area contributed by atoms with Crippen molar-refractivity contribution in [3.63, 3.8) is 0 Å². The summed E-state index contributed by atoms with van der Waals surface area (Å²) in [6.45, 7) is 2.98. The zero-order valence-corrected chi connectivity index (χ0v) is 17.7. The molecule has 0 radical (unpaired) electrons. The summed E-state index contributed by atoms with van der Waals surface area (Å²) in [5, 5.41) is 46.3. The van der Waals surface area contributed by atoms with E-state index in [4.69, 9.17) is 21.9 Å². The summed E-state index contributed by atoms with van der Waals surface area (Å²) in [6, 6.07) is -1.87. The number of rotatable bonds is 7. The third-order valence-electron chi connectivity index (χ3n) is 6.72. The molecule has 3 aliphatic rings. The number of hydrogen-bond donors (Lipinski definition) is 3. The summed E-state index contributed by atoms with van der Waals surface area (Å²) in [5.74, 6) is 0.376. The van der Waals surface area contributed by atoms with Crippen molar-refractivity contribution in [1.82, 2.24) is 20.8 Å². The van der Waals surface area contributed by atoms with E-state index in [0.717, 1.165) is 51.0 Å². The van der Waals surface area contributed by atoms with Gasteiger partial charge in [0, 0.05) is 29.9 Å². The molecule has 1 saturated heterocycles.